The van der Waals surface area contributed by atoms with E-state index in [1.807, 2.05) is 0 Å². The second-order valence-corrected chi connectivity index (χ2v) is 4.18. The Bertz CT molecular complexity index is 453. The lowest BCUT2D eigenvalue weighted by molar-refractivity contribution is -0.116. The largest absolute Gasteiger partial charge is 0.326 e. The first-order valence-corrected chi connectivity index (χ1v) is 5.92. The summed E-state index contributed by atoms with van der Waals surface area (Å²) in [5, 5.41) is 8.59. The topological polar surface area (TPSA) is 70.2 Å². The minimum absolute atomic E-state index is 0. The molecule has 0 bridgehead atoms. The van der Waals surface area contributed by atoms with Crippen LogP contribution < -0.4 is 16.0 Å². The highest BCUT2D eigenvalue weighted by Gasteiger charge is 2.06. The zero-order chi connectivity index (χ0) is 13.5. The number of benzene rings is 1. The number of hydrogen-bond donors (Lipinski definition) is 3. The Morgan fingerprint density at radius 3 is 2.47 bits per heavy atom. The molecule has 0 heterocycles. The lowest BCUT2D eigenvalue weighted by Gasteiger charge is -2.09. The van der Waals surface area contributed by atoms with Crippen molar-refractivity contribution in [2.45, 2.75) is 13.3 Å². The Labute approximate surface area is 123 Å². The van der Waals surface area contributed by atoms with E-state index in [4.69, 9.17) is 11.6 Å². The predicted octanol–water partition coefficient (Wildman–Crippen LogP) is 2.27. The van der Waals surface area contributed by atoms with Crippen LogP contribution in [0.4, 0.5) is 11.4 Å². The van der Waals surface area contributed by atoms with E-state index in [0.717, 1.165) is 0 Å². The molecule has 0 unspecified atom stereocenters. The number of nitrogens with one attached hydrogen (secondary N) is 3. The zero-order valence-electron chi connectivity index (χ0n) is 10.7. The monoisotopic (exact) mass is 305 g/mol. The van der Waals surface area contributed by atoms with E-state index in [1.54, 1.807) is 25.2 Å². The Morgan fingerprint density at radius 2 is 1.95 bits per heavy atom. The molecular weight excluding hydrogens is 289 g/mol. The summed E-state index contributed by atoms with van der Waals surface area (Å²) in [7, 11) is 1.78. The lowest BCUT2D eigenvalue weighted by atomic mass is 10.2. The molecule has 0 spiro atoms. The summed E-state index contributed by atoms with van der Waals surface area (Å²) in [6, 6.07) is 4.93. The van der Waals surface area contributed by atoms with E-state index in [-0.39, 0.29) is 24.2 Å². The van der Waals surface area contributed by atoms with Gasteiger partial charge in [0.1, 0.15) is 0 Å². The van der Waals surface area contributed by atoms with Gasteiger partial charge in [0.25, 0.3) is 0 Å². The first-order chi connectivity index (χ1) is 8.52. The van der Waals surface area contributed by atoms with Gasteiger partial charge in [-0.25, -0.2) is 0 Å². The van der Waals surface area contributed by atoms with Gasteiger partial charge < -0.3 is 16.0 Å². The average molecular weight is 306 g/mol. The number of amides is 2. The molecule has 1 aromatic carbocycles. The van der Waals surface area contributed by atoms with Gasteiger partial charge in [0.2, 0.25) is 11.8 Å². The van der Waals surface area contributed by atoms with Gasteiger partial charge in [0.15, 0.2) is 0 Å². The third kappa shape index (κ3) is 6.42. The fourth-order valence-corrected chi connectivity index (χ4v) is 1.58. The first-order valence-electron chi connectivity index (χ1n) is 5.54. The molecule has 1 aromatic rings. The molecular formula is C12H17Cl2N3O2. The van der Waals surface area contributed by atoms with E-state index in [0.29, 0.717) is 29.4 Å². The number of rotatable bonds is 5. The van der Waals surface area contributed by atoms with E-state index in [2.05, 4.69) is 16.0 Å². The molecule has 1 rings (SSSR count). The standard InChI is InChI=1S/C12H16ClN3O2.ClH/c1-8(17)15-9-3-4-11(10(13)7-9)16-12(18)5-6-14-2;/h3-4,7,14H,5-6H2,1-2H3,(H,15,17)(H,16,18);1H. The Balaban J connectivity index is 0.00000324. The van der Waals surface area contributed by atoms with Crippen LogP contribution in [0, 0.1) is 0 Å². The highest BCUT2D eigenvalue weighted by Crippen LogP contribution is 2.25. The van der Waals surface area contributed by atoms with Crippen LogP contribution in [0.5, 0.6) is 0 Å². The normalized spacial score (nSPS) is 9.42. The Morgan fingerprint density at radius 1 is 1.26 bits per heavy atom. The van der Waals surface area contributed by atoms with Crippen LogP contribution in [0.1, 0.15) is 13.3 Å². The highest BCUT2D eigenvalue weighted by atomic mass is 35.5. The minimum atomic E-state index is -0.170. The van der Waals surface area contributed by atoms with Crippen LogP contribution in [-0.4, -0.2) is 25.4 Å². The van der Waals surface area contributed by atoms with Crippen molar-refractivity contribution >= 4 is 47.2 Å². The second-order valence-electron chi connectivity index (χ2n) is 3.78. The average Bonchev–Trinajstić information content (AvgIpc) is 2.29. The zero-order valence-corrected chi connectivity index (χ0v) is 12.3. The number of anilines is 2. The van der Waals surface area contributed by atoms with Crippen molar-refractivity contribution in [2.75, 3.05) is 24.2 Å². The van der Waals surface area contributed by atoms with E-state index in [9.17, 15) is 9.59 Å². The number of hydrogen-bond acceptors (Lipinski definition) is 3. The van der Waals surface area contributed by atoms with Crippen molar-refractivity contribution in [2.24, 2.45) is 0 Å². The fraction of sp³-hybridized carbons (Fsp3) is 0.333. The van der Waals surface area contributed by atoms with Gasteiger partial charge in [-0.15, -0.1) is 12.4 Å². The van der Waals surface area contributed by atoms with Gasteiger partial charge in [-0.3, -0.25) is 9.59 Å². The summed E-state index contributed by atoms with van der Waals surface area (Å²) in [5.74, 6) is -0.282. The van der Waals surface area contributed by atoms with E-state index >= 15 is 0 Å². The van der Waals surface area contributed by atoms with Crippen molar-refractivity contribution in [3.63, 3.8) is 0 Å². The maximum atomic E-state index is 11.5. The molecule has 7 heteroatoms. The van der Waals surface area contributed by atoms with Gasteiger partial charge in [-0.1, -0.05) is 11.6 Å². The van der Waals surface area contributed by atoms with Crippen molar-refractivity contribution in [3.8, 4) is 0 Å². The minimum Gasteiger partial charge on any atom is -0.326 e. The highest BCUT2D eigenvalue weighted by molar-refractivity contribution is 6.34. The number of halogens is 2. The molecule has 0 fully saturated rings. The molecule has 106 valence electrons. The summed E-state index contributed by atoms with van der Waals surface area (Å²) in [4.78, 5) is 22.4. The molecule has 3 N–H and O–H groups in total. The Hall–Kier alpha value is -1.30. The molecule has 5 nitrogen and oxygen atoms in total. The quantitative estimate of drug-likeness (QED) is 0.781. The third-order valence-corrected chi connectivity index (χ3v) is 2.48. The lowest BCUT2D eigenvalue weighted by Crippen LogP contribution is -2.18. The maximum Gasteiger partial charge on any atom is 0.225 e. The molecule has 19 heavy (non-hydrogen) atoms. The predicted molar refractivity (Wildman–Crippen MR) is 80.2 cm³/mol. The SMILES string of the molecule is CNCCC(=O)Nc1ccc(NC(C)=O)cc1Cl.Cl. The van der Waals surface area contributed by atoms with Gasteiger partial charge in [-0.2, -0.15) is 0 Å². The van der Waals surface area contributed by atoms with Crippen molar-refractivity contribution in [1.29, 1.82) is 0 Å². The van der Waals surface area contributed by atoms with E-state index < -0.39 is 0 Å². The smallest absolute Gasteiger partial charge is 0.225 e. The van der Waals surface area contributed by atoms with Gasteiger partial charge >= 0.3 is 0 Å². The molecule has 2 amide bonds. The second kappa shape index (κ2) is 8.74. The number of carbonyl (C=O) groups excluding carboxylic acids is 2. The third-order valence-electron chi connectivity index (χ3n) is 2.17. The van der Waals surface area contributed by atoms with Crippen LogP contribution in [0.3, 0.4) is 0 Å². The molecule has 0 aliphatic carbocycles. The molecule has 0 aromatic heterocycles. The molecule has 0 saturated carbocycles. The molecule has 0 saturated heterocycles. The number of carbonyl (C=O) groups is 2. The van der Waals surface area contributed by atoms with Crippen molar-refractivity contribution < 1.29 is 9.59 Å². The van der Waals surface area contributed by atoms with Crippen LogP contribution in [0.15, 0.2) is 18.2 Å². The summed E-state index contributed by atoms with van der Waals surface area (Å²) >= 11 is 6.01. The van der Waals surface area contributed by atoms with Crippen LogP contribution in [0.2, 0.25) is 5.02 Å². The van der Waals surface area contributed by atoms with Gasteiger partial charge in [0, 0.05) is 25.6 Å². The van der Waals surface area contributed by atoms with E-state index in [1.165, 1.54) is 6.92 Å². The molecule has 0 atom stereocenters. The fourth-order valence-electron chi connectivity index (χ4n) is 1.35. The van der Waals surface area contributed by atoms with Crippen molar-refractivity contribution in [1.82, 2.24) is 5.32 Å². The summed E-state index contributed by atoms with van der Waals surface area (Å²) in [6.45, 7) is 2.02. The summed E-state index contributed by atoms with van der Waals surface area (Å²) in [6.07, 6.45) is 0.375. The molecule has 0 aliphatic rings. The van der Waals surface area contributed by atoms with Crippen LogP contribution in [0.25, 0.3) is 0 Å². The Kier molecular flexibility index (Phi) is 8.14. The molecule has 0 radical (unpaired) electrons. The van der Waals surface area contributed by atoms with Crippen LogP contribution >= 0.6 is 24.0 Å². The van der Waals surface area contributed by atoms with Gasteiger partial charge in [-0.05, 0) is 25.2 Å². The van der Waals surface area contributed by atoms with Gasteiger partial charge in [0.05, 0.1) is 10.7 Å². The summed E-state index contributed by atoms with van der Waals surface area (Å²) < 4.78 is 0. The molecule has 0 aliphatic heterocycles. The maximum absolute atomic E-state index is 11.5. The van der Waals surface area contributed by atoms with Crippen LogP contribution in [-0.2, 0) is 9.59 Å². The van der Waals surface area contributed by atoms with Crippen molar-refractivity contribution in [3.05, 3.63) is 23.2 Å². The first kappa shape index (κ1) is 17.7. The summed E-state index contributed by atoms with van der Waals surface area (Å²) in [5.41, 5.74) is 1.13.